The van der Waals surface area contributed by atoms with Gasteiger partial charge < -0.3 is 19.3 Å². The smallest absolute Gasteiger partial charge is 0.335 e. The first kappa shape index (κ1) is 26.6. The number of nitrogens with zero attached hydrogens (tertiary/aromatic N) is 3. The Balaban J connectivity index is 2.33. The van der Waals surface area contributed by atoms with E-state index in [2.05, 4.69) is 36.2 Å². The molecule has 0 saturated heterocycles. The average Bonchev–Trinajstić information content (AvgIpc) is 2.75. The fourth-order valence-electron chi connectivity index (χ4n) is 2.58. The molecule has 2 atom stereocenters. The highest BCUT2D eigenvalue weighted by molar-refractivity contribution is 9.10. The molecule has 0 spiro atoms. The number of alkyl halides is 1. The topological polar surface area (TPSA) is 162 Å². The molecule has 0 fully saturated rings. The standard InChI is InChI=1S/C18H23BrFN5O7S/c1-10(20)15(32-8-4-7-26)14-16(11(19)5-6-21-14)33(28,29)25-18(27)24-17-22-12(30-2)9-13(23-17)31-3/h5-6,9-10,15,26H,4,7-8H2,1-3H3,(H2,22,23,24,25,27). The third-order valence-electron chi connectivity index (χ3n) is 3.99. The Bertz CT molecular complexity index is 1050. The van der Waals surface area contributed by atoms with Crippen molar-refractivity contribution in [2.75, 3.05) is 32.8 Å². The lowest BCUT2D eigenvalue weighted by atomic mass is 10.1. The van der Waals surface area contributed by atoms with Crippen LogP contribution in [-0.2, 0) is 14.8 Å². The van der Waals surface area contributed by atoms with Crippen molar-refractivity contribution in [2.45, 2.75) is 30.5 Å². The Labute approximate surface area is 198 Å². The Hall–Kier alpha value is -2.62. The Morgan fingerprint density at radius 2 is 1.91 bits per heavy atom. The summed E-state index contributed by atoms with van der Waals surface area (Å²) in [6.45, 7) is 0.950. The molecular formula is C18H23BrFN5O7S. The fourth-order valence-corrected chi connectivity index (χ4v) is 4.71. The van der Waals surface area contributed by atoms with E-state index in [1.54, 1.807) is 0 Å². The van der Waals surface area contributed by atoms with E-state index in [9.17, 15) is 17.6 Å². The molecule has 2 heterocycles. The van der Waals surface area contributed by atoms with Gasteiger partial charge in [-0.05, 0) is 35.3 Å². The second kappa shape index (κ2) is 12.0. The molecule has 3 N–H and O–H groups in total. The van der Waals surface area contributed by atoms with Crippen molar-refractivity contribution < 1.29 is 36.9 Å². The van der Waals surface area contributed by atoms with Crippen molar-refractivity contribution in [3.05, 3.63) is 28.5 Å². The number of aliphatic hydroxyl groups is 1. The lowest BCUT2D eigenvalue weighted by molar-refractivity contribution is -0.00757. The molecule has 0 aliphatic carbocycles. The largest absolute Gasteiger partial charge is 0.481 e. The average molecular weight is 552 g/mol. The molecule has 182 valence electrons. The van der Waals surface area contributed by atoms with E-state index in [1.807, 2.05) is 4.72 Å². The monoisotopic (exact) mass is 551 g/mol. The molecular weight excluding hydrogens is 529 g/mol. The van der Waals surface area contributed by atoms with Gasteiger partial charge in [-0.15, -0.1) is 0 Å². The molecule has 2 amide bonds. The summed E-state index contributed by atoms with van der Waals surface area (Å²) in [5, 5.41) is 11.1. The van der Waals surface area contributed by atoms with Gasteiger partial charge in [-0.25, -0.2) is 22.3 Å². The number of aromatic nitrogens is 3. The SMILES string of the molecule is COc1cc(OC)nc(NC(=O)NS(=O)(=O)c2c(Br)ccnc2C(OCCCO)C(C)F)n1. The Morgan fingerprint density at radius 3 is 2.45 bits per heavy atom. The van der Waals surface area contributed by atoms with Gasteiger partial charge in [0.15, 0.2) is 0 Å². The molecule has 0 saturated carbocycles. The van der Waals surface area contributed by atoms with Crippen LogP contribution in [0.2, 0.25) is 0 Å². The highest BCUT2D eigenvalue weighted by atomic mass is 79.9. The van der Waals surface area contributed by atoms with Crippen molar-refractivity contribution in [1.82, 2.24) is 19.7 Å². The fraction of sp³-hybridized carbons (Fsp3) is 0.444. The number of rotatable bonds is 11. The van der Waals surface area contributed by atoms with Gasteiger partial charge in [0.2, 0.25) is 17.7 Å². The van der Waals surface area contributed by atoms with Crippen molar-refractivity contribution >= 4 is 37.9 Å². The number of methoxy groups -OCH3 is 2. The quantitative estimate of drug-likeness (QED) is 0.352. The molecule has 0 aliphatic rings. The molecule has 33 heavy (non-hydrogen) atoms. The minimum absolute atomic E-state index is 0.0310. The number of ether oxygens (including phenoxy) is 3. The number of anilines is 1. The summed E-state index contributed by atoms with van der Waals surface area (Å²) < 4.78 is 57.5. The zero-order valence-electron chi connectivity index (χ0n) is 17.9. The predicted octanol–water partition coefficient (Wildman–Crippen LogP) is 1.96. The van der Waals surface area contributed by atoms with E-state index in [4.69, 9.17) is 19.3 Å². The number of sulfonamides is 1. The number of hydrogen-bond acceptors (Lipinski definition) is 10. The summed E-state index contributed by atoms with van der Waals surface area (Å²) in [5.74, 6) is -0.152. The van der Waals surface area contributed by atoms with Crippen LogP contribution in [-0.4, -0.2) is 68.1 Å². The maximum Gasteiger partial charge on any atom is 0.335 e. The molecule has 2 unspecified atom stereocenters. The van der Waals surface area contributed by atoms with Gasteiger partial charge in [-0.1, -0.05) is 0 Å². The summed E-state index contributed by atoms with van der Waals surface area (Å²) in [5.41, 5.74) is -0.253. The van der Waals surface area contributed by atoms with Gasteiger partial charge in [-0.3, -0.25) is 10.3 Å². The second-order valence-corrected chi connectivity index (χ2v) is 8.86. The third kappa shape index (κ3) is 7.18. The number of urea groups is 1. The number of halogens is 2. The number of hydrogen-bond donors (Lipinski definition) is 3. The van der Waals surface area contributed by atoms with Gasteiger partial charge in [-0.2, -0.15) is 9.97 Å². The highest BCUT2D eigenvalue weighted by Gasteiger charge is 2.32. The van der Waals surface area contributed by atoms with Crippen LogP contribution in [0.3, 0.4) is 0 Å². The number of carbonyl (C=O) groups is 1. The van der Waals surface area contributed by atoms with Crippen LogP contribution >= 0.6 is 15.9 Å². The van der Waals surface area contributed by atoms with E-state index in [0.29, 0.717) is 0 Å². The van der Waals surface area contributed by atoms with Crippen molar-refractivity contribution in [3.8, 4) is 11.8 Å². The molecule has 2 aromatic rings. The molecule has 0 aliphatic heterocycles. The first-order valence-corrected chi connectivity index (χ1v) is 11.7. The third-order valence-corrected chi connectivity index (χ3v) is 6.33. The summed E-state index contributed by atoms with van der Waals surface area (Å²) in [6, 6.07) is 1.48. The number of amides is 2. The number of carbonyl (C=O) groups excluding carboxylic acids is 1. The maximum absolute atomic E-state index is 14.3. The second-order valence-electron chi connectivity index (χ2n) is 6.39. The number of nitrogens with one attached hydrogen (secondary N) is 2. The summed E-state index contributed by atoms with van der Waals surface area (Å²) in [4.78, 5) is 23.7. The predicted molar refractivity (Wildman–Crippen MR) is 117 cm³/mol. The van der Waals surface area contributed by atoms with E-state index >= 15 is 0 Å². The van der Waals surface area contributed by atoms with Gasteiger partial charge in [0.25, 0.3) is 10.0 Å². The van der Waals surface area contributed by atoms with Crippen LogP contribution in [0.25, 0.3) is 0 Å². The summed E-state index contributed by atoms with van der Waals surface area (Å²) >= 11 is 3.11. The van der Waals surface area contributed by atoms with E-state index in [0.717, 1.165) is 0 Å². The zero-order valence-corrected chi connectivity index (χ0v) is 20.3. The normalized spacial score (nSPS) is 13.2. The van der Waals surface area contributed by atoms with Crippen molar-refractivity contribution in [3.63, 3.8) is 0 Å². The van der Waals surface area contributed by atoms with Crippen LogP contribution in [0, 0.1) is 0 Å². The minimum atomic E-state index is -4.57. The van der Waals surface area contributed by atoms with Gasteiger partial charge in [0.1, 0.15) is 17.2 Å². The summed E-state index contributed by atoms with van der Waals surface area (Å²) in [7, 11) is -1.90. The van der Waals surface area contributed by atoms with E-state index < -0.39 is 33.2 Å². The van der Waals surface area contributed by atoms with Crippen LogP contribution in [0.1, 0.15) is 25.1 Å². The molecule has 2 rings (SSSR count). The van der Waals surface area contributed by atoms with E-state index in [1.165, 1.54) is 39.5 Å². The van der Waals surface area contributed by atoms with Crippen molar-refractivity contribution in [1.29, 1.82) is 0 Å². The maximum atomic E-state index is 14.3. The van der Waals surface area contributed by atoms with Crippen LogP contribution in [0.5, 0.6) is 11.8 Å². The van der Waals surface area contributed by atoms with Crippen LogP contribution in [0.15, 0.2) is 27.7 Å². The van der Waals surface area contributed by atoms with Crippen LogP contribution < -0.4 is 19.5 Å². The lowest BCUT2D eigenvalue weighted by Gasteiger charge is -2.22. The molecule has 12 nitrogen and oxygen atoms in total. The molecule has 0 aromatic carbocycles. The molecule has 0 bridgehead atoms. The summed E-state index contributed by atoms with van der Waals surface area (Å²) in [6.07, 6.45) is -1.54. The van der Waals surface area contributed by atoms with Gasteiger partial charge >= 0.3 is 6.03 Å². The minimum Gasteiger partial charge on any atom is -0.481 e. The molecule has 0 radical (unpaired) electrons. The Morgan fingerprint density at radius 1 is 1.27 bits per heavy atom. The van der Waals surface area contributed by atoms with Gasteiger partial charge in [0, 0.05) is 23.9 Å². The lowest BCUT2D eigenvalue weighted by Crippen LogP contribution is -2.36. The zero-order chi connectivity index (χ0) is 24.6. The molecule has 2 aromatic heterocycles. The Kier molecular flexibility index (Phi) is 9.70. The first-order valence-electron chi connectivity index (χ1n) is 9.44. The van der Waals surface area contributed by atoms with E-state index in [-0.39, 0.29) is 47.5 Å². The van der Waals surface area contributed by atoms with Crippen molar-refractivity contribution in [2.24, 2.45) is 0 Å². The number of pyridine rings is 1. The van der Waals surface area contributed by atoms with Gasteiger partial charge in [0.05, 0.1) is 26.0 Å². The first-order chi connectivity index (χ1) is 15.6. The highest BCUT2D eigenvalue weighted by Crippen LogP contribution is 2.32. The molecule has 15 heteroatoms. The van der Waals surface area contributed by atoms with Crippen LogP contribution in [0.4, 0.5) is 15.1 Å². The number of aliphatic hydroxyl groups excluding tert-OH is 1.